The number of hydrogen-bond acceptors (Lipinski definition) is 4. The number of ether oxygens (including phenoxy) is 1. The van der Waals surface area contributed by atoms with Gasteiger partial charge in [-0.25, -0.2) is 0 Å². The number of fused-ring (bicyclic) bond motifs is 1. The molecule has 0 atom stereocenters. The minimum Gasteiger partial charge on any atom is -0.494 e. The number of thiocarbonyl (C=S) groups is 1. The van der Waals surface area contributed by atoms with Crippen LogP contribution >= 0.6 is 12.2 Å². The Morgan fingerprint density at radius 3 is 2.48 bits per heavy atom. The van der Waals surface area contributed by atoms with Gasteiger partial charge in [0.2, 0.25) is 5.91 Å². The quantitative estimate of drug-likeness (QED) is 0.450. The molecule has 0 aliphatic carbocycles. The minimum atomic E-state index is -0.296. The molecular formula is C24H25N3O3S. The lowest BCUT2D eigenvalue weighted by Gasteiger charge is -2.14. The standard InChI is InChI=1S/C24H25N3O3S/c1-3-4-9-22(28)26-20-13-12-19(15-21(20)30-2)25-24(31)27-23(29)18-11-10-16-7-5-6-8-17(16)14-18/h5-8,10-15H,3-4,9H2,1-2H3,(H,26,28)(H2,25,27,29,31). The fraction of sp³-hybridized carbons (Fsp3) is 0.208. The van der Waals surface area contributed by atoms with E-state index in [0.717, 1.165) is 23.6 Å². The van der Waals surface area contributed by atoms with Crippen LogP contribution in [0.15, 0.2) is 60.7 Å². The highest BCUT2D eigenvalue weighted by Gasteiger charge is 2.11. The molecule has 0 aliphatic heterocycles. The van der Waals surface area contributed by atoms with Crippen molar-refractivity contribution in [1.29, 1.82) is 0 Å². The van der Waals surface area contributed by atoms with Crippen molar-refractivity contribution in [3.05, 3.63) is 66.2 Å². The Kier molecular flexibility index (Phi) is 7.56. The van der Waals surface area contributed by atoms with Crippen LogP contribution in [-0.4, -0.2) is 24.0 Å². The third kappa shape index (κ3) is 6.02. The van der Waals surface area contributed by atoms with E-state index < -0.39 is 0 Å². The molecule has 6 nitrogen and oxygen atoms in total. The van der Waals surface area contributed by atoms with Crippen LogP contribution < -0.4 is 20.7 Å². The van der Waals surface area contributed by atoms with Crippen molar-refractivity contribution in [2.24, 2.45) is 0 Å². The maximum Gasteiger partial charge on any atom is 0.257 e. The number of carbonyl (C=O) groups is 2. The molecule has 0 heterocycles. The van der Waals surface area contributed by atoms with Crippen molar-refractivity contribution in [3.8, 4) is 5.75 Å². The summed E-state index contributed by atoms with van der Waals surface area (Å²) in [6.07, 6.45) is 2.25. The molecule has 3 aromatic rings. The summed E-state index contributed by atoms with van der Waals surface area (Å²) in [7, 11) is 1.53. The Morgan fingerprint density at radius 1 is 0.968 bits per heavy atom. The van der Waals surface area contributed by atoms with Crippen molar-refractivity contribution in [1.82, 2.24) is 5.32 Å². The van der Waals surface area contributed by atoms with Gasteiger partial charge < -0.3 is 15.4 Å². The summed E-state index contributed by atoms with van der Waals surface area (Å²) in [5.41, 5.74) is 1.73. The smallest absolute Gasteiger partial charge is 0.257 e. The van der Waals surface area contributed by atoms with E-state index in [4.69, 9.17) is 17.0 Å². The highest BCUT2D eigenvalue weighted by Crippen LogP contribution is 2.28. The van der Waals surface area contributed by atoms with Crippen molar-refractivity contribution in [2.75, 3.05) is 17.7 Å². The number of anilines is 2. The van der Waals surface area contributed by atoms with Crippen LogP contribution in [0.5, 0.6) is 5.75 Å². The number of rotatable bonds is 7. The Labute approximate surface area is 187 Å². The first-order chi connectivity index (χ1) is 15.0. The topological polar surface area (TPSA) is 79.5 Å². The SMILES string of the molecule is CCCCC(=O)Nc1ccc(NC(=S)NC(=O)c2ccc3ccccc3c2)cc1OC. The average molecular weight is 436 g/mol. The molecule has 0 aliphatic rings. The Hall–Kier alpha value is -3.45. The number of hydrogen-bond donors (Lipinski definition) is 3. The summed E-state index contributed by atoms with van der Waals surface area (Å²) in [5, 5.41) is 10.7. The number of carbonyl (C=O) groups excluding carboxylic acids is 2. The van der Waals surface area contributed by atoms with Gasteiger partial charge in [-0.1, -0.05) is 43.7 Å². The molecule has 0 spiro atoms. The van der Waals surface area contributed by atoms with Gasteiger partial charge in [-0.2, -0.15) is 0 Å². The third-order valence-corrected chi connectivity index (χ3v) is 4.93. The first kappa shape index (κ1) is 22.2. The van der Waals surface area contributed by atoms with Crippen molar-refractivity contribution in [3.63, 3.8) is 0 Å². The van der Waals surface area contributed by atoms with E-state index in [1.807, 2.05) is 43.3 Å². The maximum absolute atomic E-state index is 12.6. The van der Waals surface area contributed by atoms with Crippen molar-refractivity contribution < 1.29 is 14.3 Å². The van der Waals surface area contributed by atoms with E-state index in [0.29, 0.717) is 29.1 Å². The van der Waals surface area contributed by atoms with Crippen LogP contribution in [0.1, 0.15) is 36.5 Å². The van der Waals surface area contributed by atoms with Gasteiger partial charge in [0.1, 0.15) is 5.75 Å². The van der Waals surface area contributed by atoms with Gasteiger partial charge in [-0.05, 0) is 53.7 Å². The molecule has 2 amide bonds. The van der Waals surface area contributed by atoms with Gasteiger partial charge in [-0.15, -0.1) is 0 Å². The molecule has 0 unspecified atom stereocenters. The zero-order valence-corrected chi connectivity index (χ0v) is 18.3. The lowest BCUT2D eigenvalue weighted by atomic mass is 10.1. The van der Waals surface area contributed by atoms with Gasteiger partial charge in [-0.3, -0.25) is 14.9 Å². The summed E-state index contributed by atoms with van der Waals surface area (Å²) >= 11 is 5.28. The first-order valence-corrected chi connectivity index (χ1v) is 10.5. The van der Waals surface area contributed by atoms with E-state index >= 15 is 0 Å². The summed E-state index contributed by atoms with van der Waals surface area (Å²) < 4.78 is 5.38. The molecule has 160 valence electrons. The number of unbranched alkanes of at least 4 members (excludes halogenated alkanes) is 1. The molecule has 0 fully saturated rings. The molecular weight excluding hydrogens is 410 g/mol. The lowest BCUT2D eigenvalue weighted by Crippen LogP contribution is -2.34. The molecule has 0 saturated heterocycles. The Bertz CT molecular complexity index is 1110. The first-order valence-electron chi connectivity index (χ1n) is 10.1. The summed E-state index contributed by atoms with van der Waals surface area (Å²) in [5.74, 6) is 0.146. The van der Waals surface area contributed by atoms with Crippen molar-refractivity contribution >= 4 is 51.3 Å². The Morgan fingerprint density at radius 2 is 1.74 bits per heavy atom. The van der Waals surface area contributed by atoms with E-state index in [1.165, 1.54) is 7.11 Å². The second-order valence-corrected chi connectivity index (χ2v) is 7.45. The Balaban J connectivity index is 1.63. The molecule has 31 heavy (non-hydrogen) atoms. The predicted molar refractivity (Wildman–Crippen MR) is 129 cm³/mol. The van der Waals surface area contributed by atoms with Crippen LogP contribution in [-0.2, 0) is 4.79 Å². The zero-order valence-electron chi connectivity index (χ0n) is 17.5. The fourth-order valence-electron chi connectivity index (χ4n) is 3.09. The molecule has 0 aromatic heterocycles. The molecule has 7 heteroatoms. The van der Waals surface area contributed by atoms with Crippen LogP contribution in [0.2, 0.25) is 0 Å². The lowest BCUT2D eigenvalue weighted by molar-refractivity contribution is -0.116. The van der Waals surface area contributed by atoms with E-state index in [-0.39, 0.29) is 16.9 Å². The predicted octanol–water partition coefficient (Wildman–Crippen LogP) is 5.10. The second-order valence-electron chi connectivity index (χ2n) is 7.04. The molecule has 0 saturated carbocycles. The minimum absolute atomic E-state index is 0.0565. The zero-order chi connectivity index (χ0) is 22.2. The van der Waals surface area contributed by atoms with Gasteiger partial charge in [0, 0.05) is 23.7 Å². The van der Waals surface area contributed by atoms with Crippen molar-refractivity contribution in [2.45, 2.75) is 26.2 Å². The summed E-state index contributed by atoms with van der Waals surface area (Å²) in [6, 6.07) is 18.5. The molecule has 3 rings (SSSR count). The number of benzene rings is 3. The molecule has 3 aromatic carbocycles. The van der Waals surface area contributed by atoms with Gasteiger partial charge in [0.25, 0.3) is 5.91 Å². The summed E-state index contributed by atoms with van der Waals surface area (Å²) in [4.78, 5) is 24.6. The average Bonchev–Trinajstić information content (AvgIpc) is 2.78. The van der Waals surface area contributed by atoms with Gasteiger partial charge >= 0.3 is 0 Å². The highest BCUT2D eigenvalue weighted by molar-refractivity contribution is 7.80. The third-order valence-electron chi connectivity index (χ3n) is 4.73. The van der Waals surface area contributed by atoms with Crippen LogP contribution in [0.3, 0.4) is 0 Å². The molecule has 0 radical (unpaired) electrons. The number of amides is 2. The normalized spacial score (nSPS) is 10.4. The number of nitrogens with one attached hydrogen (secondary N) is 3. The molecule has 3 N–H and O–H groups in total. The molecule has 0 bridgehead atoms. The fourth-order valence-corrected chi connectivity index (χ4v) is 3.30. The van der Waals surface area contributed by atoms with E-state index in [2.05, 4.69) is 16.0 Å². The largest absolute Gasteiger partial charge is 0.494 e. The second kappa shape index (κ2) is 10.5. The maximum atomic E-state index is 12.6. The van der Waals surface area contributed by atoms with Crippen LogP contribution in [0.4, 0.5) is 11.4 Å². The van der Waals surface area contributed by atoms with E-state index in [1.54, 1.807) is 24.3 Å². The van der Waals surface area contributed by atoms with Gasteiger partial charge in [0.15, 0.2) is 5.11 Å². The van der Waals surface area contributed by atoms with Crippen LogP contribution in [0.25, 0.3) is 10.8 Å². The monoisotopic (exact) mass is 435 g/mol. The highest BCUT2D eigenvalue weighted by atomic mass is 32.1. The van der Waals surface area contributed by atoms with E-state index in [9.17, 15) is 9.59 Å². The van der Waals surface area contributed by atoms with Gasteiger partial charge in [0.05, 0.1) is 12.8 Å². The summed E-state index contributed by atoms with van der Waals surface area (Å²) in [6.45, 7) is 2.04. The number of methoxy groups -OCH3 is 1. The van der Waals surface area contributed by atoms with Crippen LogP contribution in [0, 0.1) is 0 Å².